The van der Waals surface area contributed by atoms with E-state index in [2.05, 4.69) is 15.5 Å². The van der Waals surface area contributed by atoms with E-state index in [-0.39, 0.29) is 36.6 Å². The minimum Gasteiger partial charge on any atom is -0.407 e. The highest BCUT2D eigenvalue weighted by Gasteiger charge is 2.35. The number of rotatable bonds is 5. The average Bonchev–Trinajstić information content (AvgIpc) is 3.31. The maximum atomic E-state index is 12.4. The van der Waals surface area contributed by atoms with Crippen LogP contribution in [0.2, 0.25) is 5.02 Å². The van der Waals surface area contributed by atoms with Gasteiger partial charge in [0.1, 0.15) is 0 Å². The van der Waals surface area contributed by atoms with E-state index in [4.69, 9.17) is 16.0 Å². The van der Waals surface area contributed by atoms with Gasteiger partial charge in [-0.15, -0.1) is 5.10 Å². The van der Waals surface area contributed by atoms with Gasteiger partial charge in [-0.25, -0.2) is 0 Å². The number of hydrogen-bond donors (Lipinski definition) is 1. The molecule has 4 rings (SSSR count). The molecule has 1 aliphatic rings. The highest BCUT2D eigenvalue weighted by molar-refractivity contribution is 6.30. The summed E-state index contributed by atoms with van der Waals surface area (Å²) < 4.78 is 5.60. The highest BCUT2D eigenvalue weighted by atomic mass is 35.5. The summed E-state index contributed by atoms with van der Waals surface area (Å²) in [5.74, 6) is -0.158. The number of amides is 2. The van der Waals surface area contributed by atoms with E-state index in [1.165, 1.54) is 0 Å². The fourth-order valence-electron chi connectivity index (χ4n) is 3.34. The van der Waals surface area contributed by atoms with Gasteiger partial charge in [-0.3, -0.25) is 14.9 Å². The molecule has 0 bridgehead atoms. The first-order valence-corrected chi connectivity index (χ1v) is 9.61. The first-order chi connectivity index (χ1) is 14.0. The van der Waals surface area contributed by atoms with Crippen molar-refractivity contribution in [2.75, 3.05) is 16.8 Å². The number of aromatic nitrogens is 2. The molecule has 0 saturated carbocycles. The summed E-state index contributed by atoms with van der Waals surface area (Å²) >= 11 is 5.91. The Morgan fingerprint density at radius 3 is 2.72 bits per heavy atom. The lowest BCUT2D eigenvalue weighted by Crippen LogP contribution is -2.24. The largest absolute Gasteiger partial charge is 0.407 e. The molecule has 2 aromatic carbocycles. The lowest BCUT2D eigenvalue weighted by Gasteiger charge is -2.16. The van der Waals surface area contributed by atoms with Crippen molar-refractivity contribution >= 4 is 35.1 Å². The Balaban J connectivity index is 1.40. The summed E-state index contributed by atoms with van der Waals surface area (Å²) in [6.45, 7) is 2.39. The molecule has 1 fully saturated rings. The Morgan fingerprint density at radius 2 is 1.97 bits per heavy atom. The normalized spacial score (nSPS) is 16.3. The Hall–Kier alpha value is -3.19. The van der Waals surface area contributed by atoms with Crippen molar-refractivity contribution in [1.29, 1.82) is 0 Å². The predicted molar refractivity (Wildman–Crippen MR) is 109 cm³/mol. The first kappa shape index (κ1) is 19.1. The smallest absolute Gasteiger partial charge is 0.322 e. The van der Waals surface area contributed by atoms with Crippen molar-refractivity contribution in [1.82, 2.24) is 10.2 Å². The second kappa shape index (κ2) is 8.05. The van der Waals surface area contributed by atoms with Crippen LogP contribution in [-0.4, -0.2) is 28.6 Å². The van der Waals surface area contributed by atoms with Crippen molar-refractivity contribution in [2.45, 2.75) is 25.7 Å². The third-order valence-corrected chi connectivity index (χ3v) is 5.16. The summed E-state index contributed by atoms with van der Waals surface area (Å²) in [6, 6.07) is 14.8. The van der Waals surface area contributed by atoms with Crippen LogP contribution < -0.4 is 10.2 Å². The number of aryl methyl sites for hydroxylation is 1. The molecule has 2 amide bonds. The highest BCUT2D eigenvalue weighted by Crippen LogP contribution is 2.32. The minimum absolute atomic E-state index is 0.0272. The van der Waals surface area contributed by atoms with Gasteiger partial charge in [-0.2, -0.15) is 0 Å². The van der Waals surface area contributed by atoms with E-state index in [0.717, 1.165) is 16.8 Å². The van der Waals surface area contributed by atoms with Crippen LogP contribution in [0.15, 0.2) is 52.9 Å². The summed E-state index contributed by atoms with van der Waals surface area (Å²) in [4.78, 5) is 26.3. The van der Waals surface area contributed by atoms with Crippen LogP contribution in [0, 0.1) is 6.92 Å². The van der Waals surface area contributed by atoms with Crippen LogP contribution in [0.25, 0.3) is 0 Å². The Bertz CT molecular complexity index is 1050. The SMILES string of the molecule is Cc1ccccc1CC(=O)Nc1nnc(C2CC(=O)N(c3ccc(Cl)cc3)C2)o1. The van der Waals surface area contributed by atoms with Gasteiger partial charge in [-0.1, -0.05) is 41.0 Å². The fourth-order valence-corrected chi connectivity index (χ4v) is 3.46. The third kappa shape index (κ3) is 4.30. The van der Waals surface area contributed by atoms with Crippen LogP contribution in [0.1, 0.15) is 29.4 Å². The van der Waals surface area contributed by atoms with Crippen LogP contribution >= 0.6 is 11.6 Å². The molecule has 0 radical (unpaired) electrons. The Labute approximate surface area is 172 Å². The standard InChI is InChI=1S/C21H19ClN4O3/c1-13-4-2-3-5-14(13)10-18(27)23-21-25-24-20(29-21)15-11-19(28)26(12-15)17-8-6-16(22)7-9-17/h2-9,15H,10-12H2,1H3,(H,23,25,27). The molecule has 148 valence electrons. The zero-order valence-corrected chi connectivity index (χ0v) is 16.5. The molecule has 7 nitrogen and oxygen atoms in total. The molecular formula is C21H19ClN4O3. The van der Waals surface area contributed by atoms with Crippen molar-refractivity contribution in [2.24, 2.45) is 0 Å². The molecular weight excluding hydrogens is 392 g/mol. The fraction of sp³-hybridized carbons (Fsp3) is 0.238. The molecule has 1 atom stereocenters. The number of hydrogen-bond acceptors (Lipinski definition) is 5. The number of benzene rings is 2. The second-order valence-corrected chi connectivity index (χ2v) is 7.42. The van der Waals surface area contributed by atoms with Gasteiger partial charge in [0.25, 0.3) is 0 Å². The predicted octanol–water partition coefficient (Wildman–Crippen LogP) is 3.73. The first-order valence-electron chi connectivity index (χ1n) is 9.23. The zero-order chi connectivity index (χ0) is 20.4. The molecule has 3 aromatic rings. The molecule has 2 heterocycles. The second-order valence-electron chi connectivity index (χ2n) is 6.98. The lowest BCUT2D eigenvalue weighted by molar-refractivity contribution is -0.117. The Morgan fingerprint density at radius 1 is 1.21 bits per heavy atom. The number of nitrogens with one attached hydrogen (secondary N) is 1. The molecule has 1 N–H and O–H groups in total. The van der Waals surface area contributed by atoms with Gasteiger partial charge < -0.3 is 9.32 Å². The van der Waals surface area contributed by atoms with Gasteiger partial charge in [0.2, 0.25) is 17.7 Å². The van der Waals surface area contributed by atoms with Crippen LogP contribution in [0.4, 0.5) is 11.7 Å². The van der Waals surface area contributed by atoms with E-state index in [9.17, 15) is 9.59 Å². The van der Waals surface area contributed by atoms with Crippen molar-refractivity contribution < 1.29 is 14.0 Å². The number of carbonyl (C=O) groups is 2. The van der Waals surface area contributed by atoms with E-state index in [1.54, 1.807) is 29.2 Å². The molecule has 1 saturated heterocycles. The Kier molecular flexibility index (Phi) is 5.31. The molecule has 0 spiro atoms. The topological polar surface area (TPSA) is 88.3 Å². The summed E-state index contributed by atoms with van der Waals surface area (Å²) in [5.41, 5.74) is 2.75. The van der Waals surface area contributed by atoms with Crippen molar-refractivity contribution in [3.05, 3.63) is 70.6 Å². The number of anilines is 2. The maximum Gasteiger partial charge on any atom is 0.322 e. The van der Waals surface area contributed by atoms with Gasteiger partial charge in [-0.05, 0) is 42.3 Å². The quantitative estimate of drug-likeness (QED) is 0.692. The van der Waals surface area contributed by atoms with Crippen molar-refractivity contribution in [3.8, 4) is 0 Å². The van der Waals surface area contributed by atoms with E-state index >= 15 is 0 Å². The summed E-state index contributed by atoms with van der Waals surface area (Å²) in [7, 11) is 0. The van der Waals surface area contributed by atoms with Crippen LogP contribution in [0.5, 0.6) is 0 Å². The van der Waals surface area contributed by atoms with Crippen LogP contribution in [0.3, 0.4) is 0 Å². The van der Waals surface area contributed by atoms with Gasteiger partial charge >= 0.3 is 6.01 Å². The molecule has 1 aromatic heterocycles. The van der Waals surface area contributed by atoms with Crippen LogP contribution in [-0.2, 0) is 16.0 Å². The molecule has 1 unspecified atom stereocenters. The number of nitrogens with zero attached hydrogens (tertiary/aromatic N) is 3. The van der Waals surface area contributed by atoms with Gasteiger partial charge in [0.15, 0.2) is 0 Å². The summed E-state index contributed by atoms with van der Waals surface area (Å²) in [5, 5.41) is 11.2. The van der Waals surface area contributed by atoms with Gasteiger partial charge in [0.05, 0.1) is 12.3 Å². The molecule has 1 aliphatic heterocycles. The minimum atomic E-state index is -0.236. The third-order valence-electron chi connectivity index (χ3n) is 4.91. The van der Waals surface area contributed by atoms with Gasteiger partial charge in [0, 0.05) is 23.7 Å². The molecule has 8 heteroatoms. The van der Waals surface area contributed by atoms with E-state index in [1.807, 2.05) is 31.2 Å². The average molecular weight is 411 g/mol. The summed E-state index contributed by atoms with van der Waals surface area (Å²) in [6.07, 6.45) is 0.484. The maximum absolute atomic E-state index is 12.4. The van der Waals surface area contributed by atoms with E-state index in [0.29, 0.717) is 17.5 Å². The lowest BCUT2D eigenvalue weighted by atomic mass is 10.1. The zero-order valence-electron chi connectivity index (χ0n) is 15.8. The molecule has 29 heavy (non-hydrogen) atoms. The monoisotopic (exact) mass is 410 g/mol. The van der Waals surface area contributed by atoms with Crippen molar-refractivity contribution in [3.63, 3.8) is 0 Å². The molecule has 0 aliphatic carbocycles. The van der Waals surface area contributed by atoms with E-state index < -0.39 is 0 Å². The number of carbonyl (C=O) groups excluding carboxylic acids is 2. The number of halogens is 1.